The summed E-state index contributed by atoms with van der Waals surface area (Å²) in [6, 6.07) is 7.38. The van der Waals surface area contributed by atoms with Gasteiger partial charge in [-0.3, -0.25) is 9.78 Å². The molecule has 2 aromatic rings. The van der Waals surface area contributed by atoms with Crippen molar-refractivity contribution in [3.63, 3.8) is 0 Å². The number of amides is 1. The highest BCUT2D eigenvalue weighted by atomic mass is 19.3. The van der Waals surface area contributed by atoms with Crippen LogP contribution in [0.25, 0.3) is 0 Å². The molecule has 1 N–H and O–H groups in total. The molecule has 1 amide bonds. The van der Waals surface area contributed by atoms with Crippen LogP contribution in [0, 0.1) is 0 Å². The molecule has 0 bridgehead atoms. The summed E-state index contributed by atoms with van der Waals surface area (Å²) in [5.41, 5.74) is 3.30. The largest absolute Gasteiger partial charge is 0.493 e. The Balaban J connectivity index is 2.03. The number of pyridine rings is 1. The van der Waals surface area contributed by atoms with E-state index in [2.05, 4.69) is 20.2 Å². The van der Waals surface area contributed by atoms with Gasteiger partial charge in [0.05, 0.1) is 13.3 Å². The molecule has 6 nitrogen and oxygen atoms in total. The van der Waals surface area contributed by atoms with Crippen LogP contribution in [0.2, 0.25) is 0 Å². The number of nitrogens with one attached hydrogen (secondary N) is 1. The Morgan fingerprint density at radius 1 is 1.26 bits per heavy atom. The zero-order valence-corrected chi connectivity index (χ0v) is 12.1. The number of benzene rings is 1. The zero-order valence-electron chi connectivity index (χ0n) is 12.1. The third-order valence-corrected chi connectivity index (χ3v) is 2.73. The Hall–Kier alpha value is -3.03. The highest BCUT2D eigenvalue weighted by Gasteiger charge is 2.10. The third-order valence-electron chi connectivity index (χ3n) is 2.73. The SMILES string of the molecule is COc1cc(C=NNC(=O)c2ccncc2)ccc1OC(F)F. The summed E-state index contributed by atoms with van der Waals surface area (Å²) in [5, 5.41) is 3.79. The molecular weight excluding hydrogens is 308 g/mol. The summed E-state index contributed by atoms with van der Waals surface area (Å²) in [6.07, 6.45) is 4.34. The van der Waals surface area contributed by atoms with Crippen molar-refractivity contribution in [1.29, 1.82) is 0 Å². The molecule has 0 aliphatic rings. The van der Waals surface area contributed by atoms with Gasteiger partial charge in [-0.2, -0.15) is 13.9 Å². The summed E-state index contributed by atoms with van der Waals surface area (Å²) < 4.78 is 33.8. The van der Waals surface area contributed by atoms with E-state index in [4.69, 9.17) is 4.74 Å². The standard InChI is InChI=1S/C15H13F2N3O3/c1-22-13-8-10(2-3-12(13)23-15(16)17)9-19-20-14(21)11-4-6-18-7-5-11/h2-9,15H,1H3,(H,20,21). The van der Waals surface area contributed by atoms with E-state index in [1.54, 1.807) is 12.1 Å². The van der Waals surface area contributed by atoms with Crippen molar-refractivity contribution in [3.05, 3.63) is 53.9 Å². The minimum absolute atomic E-state index is 0.0829. The fourth-order valence-corrected chi connectivity index (χ4v) is 1.69. The minimum Gasteiger partial charge on any atom is -0.493 e. The average molecular weight is 321 g/mol. The molecule has 1 heterocycles. The first-order valence-electron chi connectivity index (χ1n) is 6.46. The second-order valence-electron chi connectivity index (χ2n) is 4.22. The van der Waals surface area contributed by atoms with Crippen LogP contribution in [0.5, 0.6) is 11.5 Å². The molecule has 0 aliphatic heterocycles. The first-order chi connectivity index (χ1) is 11.1. The van der Waals surface area contributed by atoms with E-state index in [1.165, 1.54) is 43.9 Å². The lowest BCUT2D eigenvalue weighted by Gasteiger charge is -2.09. The van der Waals surface area contributed by atoms with Crippen LogP contribution in [0.15, 0.2) is 47.8 Å². The van der Waals surface area contributed by atoms with Crippen molar-refractivity contribution in [1.82, 2.24) is 10.4 Å². The first-order valence-corrected chi connectivity index (χ1v) is 6.46. The van der Waals surface area contributed by atoms with E-state index < -0.39 is 12.5 Å². The number of hydrogen-bond acceptors (Lipinski definition) is 5. The van der Waals surface area contributed by atoms with E-state index in [0.29, 0.717) is 11.1 Å². The first kappa shape index (κ1) is 16.3. The molecule has 0 radical (unpaired) electrons. The van der Waals surface area contributed by atoms with Gasteiger partial charge in [0.2, 0.25) is 0 Å². The lowest BCUT2D eigenvalue weighted by Crippen LogP contribution is -2.17. The third kappa shape index (κ3) is 4.73. The van der Waals surface area contributed by atoms with Crippen molar-refractivity contribution in [2.45, 2.75) is 6.61 Å². The monoisotopic (exact) mass is 321 g/mol. The molecule has 0 aliphatic carbocycles. The van der Waals surface area contributed by atoms with Gasteiger partial charge in [0.25, 0.3) is 5.91 Å². The van der Waals surface area contributed by atoms with Gasteiger partial charge in [0, 0.05) is 18.0 Å². The second-order valence-corrected chi connectivity index (χ2v) is 4.22. The van der Waals surface area contributed by atoms with Crippen molar-refractivity contribution >= 4 is 12.1 Å². The lowest BCUT2D eigenvalue weighted by atomic mass is 10.2. The number of hydrogen-bond donors (Lipinski definition) is 1. The Bertz CT molecular complexity index is 694. The predicted molar refractivity (Wildman–Crippen MR) is 78.9 cm³/mol. The number of ether oxygens (including phenoxy) is 2. The van der Waals surface area contributed by atoms with Gasteiger partial charge in [0.15, 0.2) is 11.5 Å². The molecule has 0 saturated carbocycles. The number of carbonyl (C=O) groups excluding carboxylic acids is 1. The van der Waals surface area contributed by atoms with Gasteiger partial charge in [-0.05, 0) is 35.9 Å². The minimum atomic E-state index is -2.94. The number of methoxy groups -OCH3 is 1. The highest BCUT2D eigenvalue weighted by Crippen LogP contribution is 2.28. The van der Waals surface area contributed by atoms with Crippen LogP contribution >= 0.6 is 0 Å². The van der Waals surface area contributed by atoms with Crippen molar-refractivity contribution in [3.8, 4) is 11.5 Å². The Morgan fingerprint density at radius 3 is 2.65 bits per heavy atom. The molecule has 120 valence electrons. The number of rotatable bonds is 6. The fraction of sp³-hybridized carbons (Fsp3) is 0.133. The van der Waals surface area contributed by atoms with E-state index in [9.17, 15) is 13.6 Å². The second kappa shape index (κ2) is 7.83. The normalized spacial score (nSPS) is 10.8. The topological polar surface area (TPSA) is 72.8 Å². The van der Waals surface area contributed by atoms with Crippen LogP contribution in [-0.2, 0) is 0 Å². The smallest absolute Gasteiger partial charge is 0.387 e. The lowest BCUT2D eigenvalue weighted by molar-refractivity contribution is -0.0512. The average Bonchev–Trinajstić information content (AvgIpc) is 2.56. The number of hydrazone groups is 1. The number of carbonyl (C=O) groups is 1. The molecule has 1 aromatic heterocycles. The van der Waals surface area contributed by atoms with E-state index in [-0.39, 0.29) is 11.5 Å². The van der Waals surface area contributed by atoms with Crippen molar-refractivity contribution < 1.29 is 23.0 Å². The number of halogens is 2. The number of nitrogens with zero attached hydrogens (tertiary/aromatic N) is 2. The Morgan fingerprint density at radius 2 is 2.00 bits per heavy atom. The summed E-state index contributed by atoms with van der Waals surface area (Å²) in [5.74, 6) is -0.344. The van der Waals surface area contributed by atoms with Gasteiger partial charge in [-0.25, -0.2) is 5.43 Å². The van der Waals surface area contributed by atoms with Gasteiger partial charge in [0.1, 0.15) is 0 Å². The molecule has 0 fully saturated rings. The van der Waals surface area contributed by atoms with Crippen LogP contribution < -0.4 is 14.9 Å². The zero-order chi connectivity index (χ0) is 16.7. The molecule has 8 heteroatoms. The number of aromatic nitrogens is 1. The maximum absolute atomic E-state index is 12.2. The Labute approximate surface area is 130 Å². The van der Waals surface area contributed by atoms with Gasteiger partial charge >= 0.3 is 6.61 Å². The molecular formula is C15H13F2N3O3. The molecule has 23 heavy (non-hydrogen) atoms. The van der Waals surface area contributed by atoms with E-state index >= 15 is 0 Å². The molecule has 2 rings (SSSR count). The molecule has 0 unspecified atom stereocenters. The van der Waals surface area contributed by atoms with Gasteiger partial charge in [-0.15, -0.1) is 0 Å². The predicted octanol–water partition coefficient (Wildman–Crippen LogP) is 2.46. The van der Waals surface area contributed by atoms with E-state index in [0.717, 1.165) is 0 Å². The highest BCUT2D eigenvalue weighted by molar-refractivity contribution is 5.94. The van der Waals surface area contributed by atoms with E-state index in [1.807, 2.05) is 0 Å². The van der Waals surface area contributed by atoms with Crippen LogP contribution in [0.1, 0.15) is 15.9 Å². The number of alkyl halides is 2. The summed E-state index contributed by atoms with van der Waals surface area (Å²) in [4.78, 5) is 15.6. The van der Waals surface area contributed by atoms with Gasteiger partial charge in [-0.1, -0.05) is 0 Å². The quantitative estimate of drug-likeness (QED) is 0.655. The van der Waals surface area contributed by atoms with Gasteiger partial charge < -0.3 is 9.47 Å². The maximum Gasteiger partial charge on any atom is 0.387 e. The summed E-state index contributed by atoms with van der Waals surface area (Å²) >= 11 is 0. The van der Waals surface area contributed by atoms with Crippen molar-refractivity contribution in [2.75, 3.05) is 7.11 Å². The molecule has 0 saturated heterocycles. The van der Waals surface area contributed by atoms with Crippen LogP contribution in [0.4, 0.5) is 8.78 Å². The molecule has 1 aromatic carbocycles. The summed E-state index contributed by atoms with van der Waals surface area (Å²) in [7, 11) is 1.33. The fourth-order valence-electron chi connectivity index (χ4n) is 1.69. The molecule has 0 spiro atoms. The van der Waals surface area contributed by atoms with Crippen molar-refractivity contribution in [2.24, 2.45) is 5.10 Å². The maximum atomic E-state index is 12.2. The van der Waals surface area contributed by atoms with Crippen LogP contribution in [-0.4, -0.2) is 30.8 Å². The van der Waals surface area contributed by atoms with Crippen LogP contribution in [0.3, 0.4) is 0 Å². The molecule has 0 atom stereocenters. The Kier molecular flexibility index (Phi) is 5.56. The summed E-state index contributed by atoms with van der Waals surface area (Å²) in [6.45, 7) is -2.94.